The molecule has 0 spiro atoms. The van der Waals surface area contributed by atoms with Crippen molar-refractivity contribution in [2.75, 3.05) is 12.4 Å². The fourth-order valence-electron chi connectivity index (χ4n) is 6.77. The number of aryl methyl sites for hydroxylation is 1. The molecule has 3 aliphatic carbocycles. The number of ether oxygens (including phenoxy) is 1. The summed E-state index contributed by atoms with van der Waals surface area (Å²) in [5.74, 6) is 3.30. The van der Waals surface area contributed by atoms with Gasteiger partial charge in [-0.3, -0.25) is 0 Å². The maximum absolute atomic E-state index is 5.49. The molecule has 2 fully saturated rings. The maximum atomic E-state index is 5.49. The van der Waals surface area contributed by atoms with Gasteiger partial charge in [-0.05, 0) is 97.1 Å². The van der Waals surface area contributed by atoms with E-state index in [1.807, 2.05) is 0 Å². The summed E-state index contributed by atoms with van der Waals surface area (Å²) in [4.78, 5) is 0.609. The molecule has 0 aromatic heterocycles. The lowest BCUT2D eigenvalue weighted by Crippen LogP contribution is -2.55. The summed E-state index contributed by atoms with van der Waals surface area (Å²) in [7, 11) is 1.78. The van der Waals surface area contributed by atoms with E-state index in [1.165, 1.54) is 49.8 Å². The second-order valence-corrected chi connectivity index (χ2v) is 11.0. The molecule has 0 radical (unpaired) electrons. The normalized spacial score (nSPS) is 35.8. The van der Waals surface area contributed by atoms with Crippen LogP contribution in [-0.4, -0.2) is 18.0 Å². The second kappa shape index (κ2) is 7.65. The van der Waals surface area contributed by atoms with Crippen LogP contribution in [0.2, 0.25) is 0 Å². The largest absolute Gasteiger partial charge is 0.497 e. The van der Waals surface area contributed by atoms with Gasteiger partial charge in [-0.2, -0.15) is 0 Å². The van der Waals surface area contributed by atoms with Crippen molar-refractivity contribution in [2.24, 2.45) is 17.3 Å². The van der Waals surface area contributed by atoms with E-state index in [2.05, 4.69) is 76.7 Å². The number of anilines is 1. The van der Waals surface area contributed by atoms with Gasteiger partial charge in [0.25, 0.3) is 0 Å². The Bertz CT molecular complexity index is 868. The summed E-state index contributed by atoms with van der Waals surface area (Å²) >= 11 is 4.04. The number of alkyl halides is 1. The van der Waals surface area contributed by atoms with E-state index in [9.17, 15) is 0 Å². The minimum Gasteiger partial charge on any atom is -0.497 e. The van der Waals surface area contributed by atoms with Crippen LogP contribution >= 0.6 is 15.9 Å². The fourth-order valence-corrected chi connectivity index (χ4v) is 7.54. The zero-order chi connectivity index (χ0) is 20.0. The molecule has 0 saturated heterocycles. The van der Waals surface area contributed by atoms with Crippen molar-refractivity contribution < 1.29 is 4.74 Å². The number of hydrogen-bond donors (Lipinski definition) is 1. The van der Waals surface area contributed by atoms with E-state index in [1.54, 1.807) is 12.7 Å². The third-order valence-electron chi connectivity index (χ3n) is 8.28. The molecule has 5 rings (SSSR count). The van der Waals surface area contributed by atoms with E-state index in [0.717, 1.165) is 23.5 Å². The average Bonchev–Trinajstić information content (AvgIpc) is 2.74. The number of para-hydroxylation sites is 1. The van der Waals surface area contributed by atoms with Gasteiger partial charge in [0.1, 0.15) is 5.75 Å². The summed E-state index contributed by atoms with van der Waals surface area (Å²) in [6.45, 7) is 2.58. The standard InChI is InChI=1S/C26H32BrNO/c1-26-13-12-22-21-11-9-20(29-2)14-17(21)8-10-23(22)24(26)15-18(27)16-25(26)28-19-6-4-3-5-7-19/h3-7,9,11,14,18,22-25,28H,8,10,12-13,15-16H2,1-2H3/t18-,22+,23+,24-,25-,26-/m0/s1. The van der Waals surface area contributed by atoms with E-state index in [4.69, 9.17) is 4.74 Å². The Morgan fingerprint density at radius 2 is 1.90 bits per heavy atom. The van der Waals surface area contributed by atoms with Crippen LogP contribution in [0.5, 0.6) is 5.75 Å². The van der Waals surface area contributed by atoms with Crippen LogP contribution in [0.15, 0.2) is 48.5 Å². The number of benzene rings is 2. The van der Waals surface area contributed by atoms with Gasteiger partial charge in [-0.1, -0.05) is 47.1 Å². The topological polar surface area (TPSA) is 21.3 Å². The first-order valence-electron chi connectivity index (χ1n) is 11.2. The molecule has 6 atom stereocenters. The average molecular weight is 454 g/mol. The highest BCUT2D eigenvalue weighted by atomic mass is 79.9. The van der Waals surface area contributed by atoms with Gasteiger partial charge in [-0.25, -0.2) is 0 Å². The maximum Gasteiger partial charge on any atom is 0.119 e. The molecule has 0 heterocycles. The van der Waals surface area contributed by atoms with Crippen molar-refractivity contribution in [3.05, 3.63) is 59.7 Å². The highest BCUT2D eigenvalue weighted by Crippen LogP contribution is 2.60. The molecular weight excluding hydrogens is 422 g/mol. The Morgan fingerprint density at radius 3 is 2.69 bits per heavy atom. The molecule has 154 valence electrons. The van der Waals surface area contributed by atoms with Gasteiger partial charge >= 0.3 is 0 Å². The van der Waals surface area contributed by atoms with Crippen molar-refractivity contribution in [1.82, 2.24) is 0 Å². The Hall–Kier alpha value is -1.48. The molecule has 0 unspecified atom stereocenters. The van der Waals surface area contributed by atoms with Crippen molar-refractivity contribution in [2.45, 2.75) is 62.2 Å². The molecule has 0 amide bonds. The molecule has 3 aliphatic rings. The molecule has 0 bridgehead atoms. The summed E-state index contributed by atoms with van der Waals surface area (Å²) in [5, 5.41) is 3.93. The number of rotatable bonds is 3. The molecule has 2 nitrogen and oxygen atoms in total. The number of fused-ring (bicyclic) bond motifs is 5. The summed E-state index contributed by atoms with van der Waals surface area (Å²) in [6, 6.07) is 18.2. The molecule has 2 aromatic carbocycles. The van der Waals surface area contributed by atoms with Gasteiger partial charge in [0.15, 0.2) is 0 Å². The van der Waals surface area contributed by atoms with Gasteiger partial charge < -0.3 is 10.1 Å². The van der Waals surface area contributed by atoms with Crippen LogP contribution < -0.4 is 10.1 Å². The Labute approximate surface area is 183 Å². The molecule has 29 heavy (non-hydrogen) atoms. The minimum atomic E-state index is 0.366. The monoisotopic (exact) mass is 453 g/mol. The Morgan fingerprint density at radius 1 is 1.07 bits per heavy atom. The van der Waals surface area contributed by atoms with Gasteiger partial charge in [0.2, 0.25) is 0 Å². The smallest absolute Gasteiger partial charge is 0.119 e. The quantitative estimate of drug-likeness (QED) is 0.516. The third-order valence-corrected chi connectivity index (χ3v) is 9.03. The van der Waals surface area contributed by atoms with Crippen LogP contribution in [0, 0.1) is 17.3 Å². The molecular formula is C26H32BrNO. The number of nitrogens with one attached hydrogen (secondary N) is 1. The SMILES string of the molecule is COc1ccc2c(c1)CC[C@@H]1[C@@H]2CC[C@]2(C)[C@@H](Nc3ccccc3)C[C@@H](Br)C[C@@H]12. The Kier molecular flexibility index (Phi) is 5.14. The number of methoxy groups -OCH3 is 1. The van der Waals surface area contributed by atoms with Crippen LogP contribution in [0.25, 0.3) is 0 Å². The Balaban J connectivity index is 1.44. The molecule has 0 aliphatic heterocycles. The van der Waals surface area contributed by atoms with Gasteiger partial charge in [0, 0.05) is 16.6 Å². The fraction of sp³-hybridized carbons (Fsp3) is 0.538. The number of halogens is 1. The van der Waals surface area contributed by atoms with Crippen LogP contribution in [0.1, 0.15) is 56.1 Å². The second-order valence-electron chi connectivity index (χ2n) is 9.66. The van der Waals surface area contributed by atoms with Crippen LogP contribution in [0.3, 0.4) is 0 Å². The van der Waals surface area contributed by atoms with Gasteiger partial charge in [0.05, 0.1) is 7.11 Å². The van der Waals surface area contributed by atoms with E-state index >= 15 is 0 Å². The highest BCUT2D eigenvalue weighted by molar-refractivity contribution is 9.09. The van der Waals surface area contributed by atoms with Crippen molar-refractivity contribution in [1.29, 1.82) is 0 Å². The molecule has 1 N–H and O–H groups in total. The zero-order valence-electron chi connectivity index (χ0n) is 17.5. The first-order chi connectivity index (χ1) is 14.1. The van der Waals surface area contributed by atoms with Crippen molar-refractivity contribution in [3.63, 3.8) is 0 Å². The third kappa shape index (κ3) is 3.40. The van der Waals surface area contributed by atoms with Crippen molar-refractivity contribution >= 4 is 21.6 Å². The predicted octanol–water partition coefficient (Wildman–Crippen LogP) is 6.80. The highest BCUT2D eigenvalue weighted by Gasteiger charge is 2.54. The molecule has 3 heteroatoms. The lowest BCUT2D eigenvalue weighted by Gasteiger charge is -2.58. The summed E-state index contributed by atoms with van der Waals surface area (Å²) in [6.07, 6.45) is 7.68. The van der Waals surface area contributed by atoms with E-state index in [0.29, 0.717) is 16.3 Å². The summed E-state index contributed by atoms with van der Waals surface area (Å²) < 4.78 is 5.49. The summed E-state index contributed by atoms with van der Waals surface area (Å²) in [5.41, 5.74) is 4.76. The minimum absolute atomic E-state index is 0.366. The zero-order valence-corrected chi connectivity index (χ0v) is 19.1. The first kappa shape index (κ1) is 19.5. The number of hydrogen-bond acceptors (Lipinski definition) is 2. The van der Waals surface area contributed by atoms with E-state index in [-0.39, 0.29) is 0 Å². The predicted molar refractivity (Wildman–Crippen MR) is 124 cm³/mol. The molecule has 2 aromatic rings. The van der Waals surface area contributed by atoms with Crippen molar-refractivity contribution in [3.8, 4) is 5.75 Å². The first-order valence-corrected chi connectivity index (χ1v) is 12.1. The van der Waals surface area contributed by atoms with Crippen LogP contribution in [-0.2, 0) is 6.42 Å². The lowest BCUT2D eigenvalue weighted by atomic mass is 9.49. The molecule has 2 saturated carbocycles. The van der Waals surface area contributed by atoms with Crippen LogP contribution in [0.4, 0.5) is 5.69 Å². The lowest BCUT2D eigenvalue weighted by molar-refractivity contribution is -0.0109. The van der Waals surface area contributed by atoms with E-state index < -0.39 is 0 Å². The van der Waals surface area contributed by atoms with Gasteiger partial charge in [-0.15, -0.1) is 0 Å².